The number of hydrogen-bond donors (Lipinski definition) is 2. The number of aliphatic carboxylic acids is 1. The second-order valence-electron chi connectivity index (χ2n) is 5.83. The maximum atomic E-state index is 12.0. The van der Waals surface area contributed by atoms with Crippen LogP contribution >= 0.6 is 0 Å². The van der Waals surface area contributed by atoms with Gasteiger partial charge < -0.3 is 10.4 Å². The summed E-state index contributed by atoms with van der Waals surface area (Å²) in [6.45, 7) is 0. The van der Waals surface area contributed by atoms with Crippen molar-refractivity contribution in [3.05, 3.63) is 35.4 Å². The number of benzene rings is 1. The molecule has 1 fully saturated rings. The van der Waals surface area contributed by atoms with Crippen LogP contribution in [-0.2, 0) is 16.0 Å². The van der Waals surface area contributed by atoms with Crippen molar-refractivity contribution in [3.8, 4) is 6.07 Å². The fourth-order valence-electron chi connectivity index (χ4n) is 2.93. The lowest BCUT2D eigenvalue weighted by atomic mass is 10.0. The first kappa shape index (κ1) is 16.0. The molecule has 0 saturated heterocycles. The van der Waals surface area contributed by atoms with Crippen LogP contribution < -0.4 is 5.32 Å². The van der Waals surface area contributed by atoms with Gasteiger partial charge in [0.05, 0.1) is 11.6 Å². The highest BCUT2D eigenvalue weighted by atomic mass is 16.4. The summed E-state index contributed by atoms with van der Waals surface area (Å²) >= 11 is 0. The number of nitrogens with zero attached hydrogens (tertiary/aromatic N) is 1. The van der Waals surface area contributed by atoms with Crippen LogP contribution in [0, 0.1) is 17.2 Å². The Bertz CT molecular complexity index is 586. The van der Waals surface area contributed by atoms with E-state index in [0.717, 1.165) is 31.2 Å². The van der Waals surface area contributed by atoms with Crippen LogP contribution in [-0.4, -0.2) is 23.0 Å². The third-order valence-electron chi connectivity index (χ3n) is 4.08. The number of carboxylic acids is 1. The quantitative estimate of drug-likeness (QED) is 0.843. The van der Waals surface area contributed by atoms with Gasteiger partial charge in [0.15, 0.2) is 0 Å². The molecule has 1 aliphatic carbocycles. The zero-order chi connectivity index (χ0) is 15.9. The van der Waals surface area contributed by atoms with Gasteiger partial charge in [-0.3, -0.25) is 4.79 Å². The number of carboxylic acid groups (broad SMARTS) is 1. The lowest BCUT2D eigenvalue weighted by Gasteiger charge is -2.16. The van der Waals surface area contributed by atoms with Crippen molar-refractivity contribution in [1.29, 1.82) is 5.26 Å². The van der Waals surface area contributed by atoms with Crippen molar-refractivity contribution < 1.29 is 14.7 Å². The molecule has 1 amide bonds. The molecule has 5 nitrogen and oxygen atoms in total. The third kappa shape index (κ3) is 4.59. The minimum atomic E-state index is -1.05. The van der Waals surface area contributed by atoms with E-state index in [-0.39, 0.29) is 12.3 Å². The van der Waals surface area contributed by atoms with Crippen molar-refractivity contribution in [2.45, 2.75) is 44.6 Å². The van der Waals surface area contributed by atoms with Crippen LogP contribution in [0.4, 0.5) is 0 Å². The van der Waals surface area contributed by atoms with Crippen molar-refractivity contribution >= 4 is 11.9 Å². The van der Waals surface area contributed by atoms with Gasteiger partial charge in [0.2, 0.25) is 5.91 Å². The largest absolute Gasteiger partial charge is 0.480 e. The van der Waals surface area contributed by atoms with Crippen molar-refractivity contribution in [3.63, 3.8) is 0 Å². The van der Waals surface area contributed by atoms with Gasteiger partial charge >= 0.3 is 5.97 Å². The van der Waals surface area contributed by atoms with Gasteiger partial charge in [0.25, 0.3) is 0 Å². The number of rotatable bonds is 6. The number of carbonyl (C=O) groups excluding carboxylic acids is 1. The van der Waals surface area contributed by atoms with E-state index in [0.29, 0.717) is 17.9 Å². The molecule has 2 N–H and O–H groups in total. The van der Waals surface area contributed by atoms with Gasteiger partial charge in [-0.05, 0) is 36.5 Å². The van der Waals surface area contributed by atoms with Gasteiger partial charge in [-0.2, -0.15) is 5.26 Å². The summed E-state index contributed by atoms with van der Waals surface area (Å²) in [7, 11) is 0. The van der Waals surface area contributed by atoms with E-state index in [1.165, 1.54) is 0 Å². The zero-order valence-corrected chi connectivity index (χ0v) is 12.4. The topological polar surface area (TPSA) is 90.2 Å². The molecule has 1 aromatic carbocycles. The van der Waals surface area contributed by atoms with Gasteiger partial charge in [0, 0.05) is 12.8 Å². The minimum absolute atomic E-state index is 0.182. The SMILES string of the molecule is N#Cc1cccc(C[C@@H](NC(=O)CC2CCCC2)C(=O)O)c1. The first-order valence-corrected chi connectivity index (χ1v) is 7.59. The molecule has 1 atom stereocenters. The molecule has 0 radical (unpaired) electrons. The summed E-state index contributed by atoms with van der Waals surface area (Å²) in [6.07, 6.45) is 5.00. The van der Waals surface area contributed by atoms with Crippen molar-refractivity contribution in [2.24, 2.45) is 5.92 Å². The first-order chi connectivity index (χ1) is 10.6. The Morgan fingerprint density at radius 1 is 1.36 bits per heavy atom. The fourth-order valence-corrected chi connectivity index (χ4v) is 2.93. The van der Waals surface area contributed by atoms with Crippen LogP contribution in [0.1, 0.15) is 43.2 Å². The normalized spacial score (nSPS) is 16.0. The Morgan fingerprint density at radius 2 is 2.09 bits per heavy atom. The lowest BCUT2D eigenvalue weighted by molar-refractivity contribution is -0.141. The lowest BCUT2D eigenvalue weighted by Crippen LogP contribution is -2.42. The molecule has 0 aliphatic heterocycles. The van der Waals surface area contributed by atoms with Gasteiger partial charge in [-0.15, -0.1) is 0 Å². The van der Waals surface area contributed by atoms with E-state index in [9.17, 15) is 14.7 Å². The standard InChI is InChI=1S/C17H20N2O3/c18-11-14-7-3-6-13(8-14)9-15(17(21)22)19-16(20)10-12-4-1-2-5-12/h3,6-8,12,15H,1-2,4-5,9-10H2,(H,19,20)(H,21,22)/t15-/m1/s1. The predicted octanol–water partition coefficient (Wildman–Crippen LogP) is 2.25. The van der Waals surface area contributed by atoms with E-state index < -0.39 is 12.0 Å². The van der Waals surface area contributed by atoms with E-state index >= 15 is 0 Å². The van der Waals surface area contributed by atoms with E-state index in [2.05, 4.69) is 5.32 Å². The summed E-state index contributed by atoms with van der Waals surface area (Å²) in [6, 6.07) is 7.86. The Labute approximate surface area is 129 Å². The van der Waals surface area contributed by atoms with Crippen molar-refractivity contribution in [1.82, 2.24) is 5.32 Å². The molecular weight excluding hydrogens is 280 g/mol. The molecule has 2 rings (SSSR count). The molecular formula is C17H20N2O3. The van der Waals surface area contributed by atoms with E-state index in [1.807, 2.05) is 6.07 Å². The number of nitrogens with one attached hydrogen (secondary N) is 1. The summed E-state index contributed by atoms with van der Waals surface area (Å²) in [5, 5.41) is 20.8. The molecule has 1 aromatic rings. The molecule has 0 spiro atoms. The van der Waals surface area contributed by atoms with Crippen LogP contribution in [0.2, 0.25) is 0 Å². The summed E-state index contributed by atoms with van der Waals surface area (Å²) in [5.74, 6) is -0.866. The zero-order valence-electron chi connectivity index (χ0n) is 12.4. The Hall–Kier alpha value is -2.35. The number of carbonyl (C=O) groups is 2. The Balaban J connectivity index is 1.95. The fraction of sp³-hybridized carbons (Fsp3) is 0.471. The molecule has 5 heteroatoms. The highest BCUT2D eigenvalue weighted by Crippen LogP contribution is 2.27. The molecule has 0 heterocycles. The average molecular weight is 300 g/mol. The van der Waals surface area contributed by atoms with E-state index in [4.69, 9.17) is 5.26 Å². The summed E-state index contributed by atoms with van der Waals surface area (Å²) < 4.78 is 0. The van der Waals surface area contributed by atoms with Crippen LogP contribution in [0.5, 0.6) is 0 Å². The second kappa shape index (κ2) is 7.60. The second-order valence-corrected chi connectivity index (χ2v) is 5.83. The Morgan fingerprint density at radius 3 is 2.73 bits per heavy atom. The maximum Gasteiger partial charge on any atom is 0.326 e. The molecule has 22 heavy (non-hydrogen) atoms. The molecule has 116 valence electrons. The molecule has 0 aromatic heterocycles. The van der Waals surface area contributed by atoms with Gasteiger partial charge in [-0.25, -0.2) is 4.79 Å². The Kier molecular flexibility index (Phi) is 5.54. The average Bonchev–Trinajstić information content (AvgIpc) is 2.99. The smallest absolute Gasteiger partial charge is 0.326 e. The molecule has 1 saturated carbocycles. The number of amides is 1. The minimum Gasteiger partial charge on any atom is -0.480 e. The van der Waals surface area contributed by atoms with Gasteiger partial charge in [-0.1, -0.05) is 25.0 Å². The monoisotopic (exact) mass is 300 g/mol. The maximum absolute atomic E-state index is 12.0. The van der Waals surface area contributed by atoms with Crippen LogP contribution in [0.3, 0.4) is 0 Å². The van der Waals surface area contributed by atoms with Gasteiger partial charge in [0.1, 0.15) is 6.04 Å². The highest BCUT2D eigenvalue weighted by molar-refractivity contribution is 5.83. The van der Waals surface area contributed by atoms with E-state index in [1.54, 1.807) is 24.3 Å². The molecule has 1 aliphatic rings. The van der Waals surface area contributed by atoms with Crippen LogP contribution in [0.15, 0.2) is 24.3 Å². The van der Waals surface area contributed by atoms with Crippen molar-refractivity contribution in [2.75, 3.05) is 0 Å². The first-order valence-electron chi connectivity index (χ1n) is 7.59. The predicted molar refractivity (Wildman–Crippen MR) is 81.0 cm³/mol. The van der Waals surface area contributed by atoms with Crippen LogP contribution in [0.25, 0.3) is 0 Å². The molecule has 0 unspecified atom stereocenters. The highest BCUT2D eigenvalue weighted by Gasteiger charge is 2.23. The summed E-state index contributed by atoms with van der Waals surface area (Å²) in [5.41, 5.74) is 1.21. The number of nitriles is 1. The number of hydrogen-bond acceptors (Lipinski definition) is 3. The third-order valence-corrected chi connectivity index (χ3v) is 4.08. The molecule has 0 bridgehead atoms. The summed E-state index contributed by atoms with van der Waals surface area (Å²) in [4.78, 5) is 23.4.